The SMILES string of the molecule is C=Cc1cc(NCNF)c(C(=N)/C(C)=C/C/N=C(C)/C(F)=C\C(C)=C/CCCC)cn1. The van der Waals surface area contributed by atoms with Crippen molar-refractivity contribution in [1.82, 2.24) is 10.5 Å². The van der Waals surface area contributed by atoms with Crippen LogP contribution < -0.4 is 10.9 Å². The van der Waals surface area contributed by atoms with E-state index in [0.717, 1.165) is 24.8 Å². The molecule has 0 unspecified atom stereocenters. The van der Waals surface area contributed by atoms with E-state index in [-0.39, 0.29) is 24.8 Å². The van der Waals surface area contributed by atoms with Crippen molar-refractivity contribution in [3.63, 3.8) is 0 Å². The molecule has 1 heterocycles. The molecule has 31 heavy (non-hydrogen) atoms. The minimum Gasteiger partial charge on any atom is -0.370 e. The first kappa shape index (κ1) is 26.1. The minimum absolute atomic E-state index is 0.106. The summed E-state index contributed by atoms with van der Waals surface area (Å²) < 4.78 is 26.7. The lowest BCUT2D eigenvalue weighted by molar-refractivity contribution is 0.350. The van der Waals surface area contributed by atoms with Crippen molar-refractivity contribution in [3.8, 4) is 0 Å². The molecule has 0 aromatic carbocycles. The molecule has 168 valence electrons. The predicted octanol–water partition coefficient (Wildman–Crippen LogP) is 6.33. The van der Waals surface area contributed by atoms with Gasteiger partial charge >= 0.3 is 0 Å². The summed E-state index contributed by atoms with van der Waals surface area (Å²) in [5.74, 6) is -0.360. The first-order valence-electron chi connectivity index (χ1n) is 10.3. The Kier molecular flexibility index (Phi) is 11.9. The van der Waals surface area contributed by atoms with Crippen LogP contribution in [0.1, 0.15) is 58.2 Å². The van der Waals surface area contributed by atoms with Crippen LogP contribution in [0.25, 0.3) is 6.08 Å². The number of hydrogen-bond acceptors (Lipinski definition) is 5. The van der Waals surface area contributed by atoms with Crippen LogP contribution in [0.4, 0.5) is 14.6 Å². The number of aliphatic imine (C=N–C) groups is 1. The molecule has 0 saturated heterocycles. The highest BCUT2D eigenvalue weighted by molar-refractivity contribution is 6.13. The highest BCUT2D eigenvalue weighted by Gasteiger charge is 2.11. The molecular weight excluding hydrogens is 396 g/mol. The Morgan fingerprint density at radius 3 is 2.68 bits per heavy atom. The lowest BCUT2D eigenvalue weighted by Gasteiger charge is -2.13. The van der Waals surface area contributed by atoms with Gasteiger partial charge in [0.1, 0.15) is 5.83 Å². The molecule has 1 rings (SSSR count). The zero-order valence-electron chi connectivity index (χ0n) is 18.9. The Morgan fingerprint density at radius 1 is 1.29 bits per heavy atom. The van der Waals surface area contributed by atoms with Crippen molar-refractivity contribution in [3.05, 3.63) is 65.3 Å². The van der Waals surface area contributed by atoms with Crippen LogP contribution >= 0.6 is 0 Å². The van der Waals surface area contributed by atoms with E-state index in [9.17, 15) is 8.87 Å². The lowest BCUT2D eigenvalue weighted by Crippen LogP contribution is -2.16. The molecule has 1 aromatic heterocycles. The van der Waals surface area contributed by atoms with Gasteiger partial charge in [-0.05, 0) is 51.0 Å². The van der Waals surface area contributed by atoms with Crippen LogP contribution in [0.3, 0.4) is 0 Å². The number of hydrogen-bond donors (Lipinski definition) is 3. The summed E-state index contributed by atoms with van der Waals surface area (Å²) in [4.78, 5) is 8.48. The first-order valence-corrected chi connectivity index (χ1v) is 10.3. The van der Waals surface area contributed by atoms with Crippen molar-refractivity contribution in [2.45, 2.75) is 47.0 Å². The van der Waals surface area contributed by atoms with E-state index in [1.54, 1.807) is 38.3 Å². The third kappa shape index (κ3) is 9.17. The van der Waals surface area contributed by atoms with Crippen LogP contribution in [-0.2, 0) is 0 Å². The van der Waals surface area contributed by atoms with Crippen LogP contribution in [0.15, 0.2) is 59.0 Å². The van der Waals surface area contributed by atoms with Gasteiger partial charge in [-0.25, -0.2) is 4.39 Å². The van der Waals surface area contributed by atoms with Gasteiger partial charge in [-0.15, -0.1) is 10.0 Å². The van der Waals surface area contributed by atoms with Gasteiger partial charge in [-0.3, -0.25) is 15.4 Å². The Labute approximate surface area is 184 Å². The zero-order chi connectivity index (χ0) is 23.2. The molecule has 0 amide bonds. The molecular formula is C24H33F2N5. The van der Waals surface area contributed by atoms with Crippen molar-refractivity contribution in [2.75, 3.05) is 18.5 Å². The number of unbranched alkanes of at least 4 members (excludes halogenated alkanes) is 2. The third-order valence-corrected chi connectivity index (χ3v) is 4.59. The molecule has 0 bridgehead atoms. The maximum atomic E-state index is 14.3. The van der Waals surface area contributed by atoms with Crippen molar-refractivity contribution >= 4 is 23.2 Å². The van der Waals surface area contributed by atoms with Crippen molar-refractivity contribution in [1.29, 1.82) is 5.41 Å². The first-order chi connectivity index (χ1) is 14.8. The summed E-state index contributed by atoms with van der Waals surface area (Å²) in [6.07, 6.45) is 11.5. The van der Waals surface area contributed by atoms with Gasteiger partial charge in [0, 0.05) is 17.4 Å². The number of anilines is 1. The second-order valence-electron chi connectivity index (χ2n) is 7.12. The zero-order valence-corrected chi connectivity index (χ0v) is 18.9. The second kappa shape index (κ2) is 14.1. The molecule has 0 spiro atoms. The summed E-state index contributed by atoms with van der Waals surface area (Å²) >= 11 is 0. The van der Waals surface area contributed by atoms with E-state index in [4.69, 9.17) is 5.41 Å². The van der Waals surface area contributed by atoms with Gasteiger partial charge in [-0.2, -0.15) is 0 Å². The number of rotatable bonds is 13. The molecule has 0 aliphatic rings. The molecule has 1 aromatic rings. The lowest BCUT2D eigenvalue weighted by atomic mass is 10.0. The molecule has 0 aliphatic carbocycles. The van der Waals surface area contributed by atoms with Crippen molar-refractivity contribution < 1.29 is 8.87 Å². The summed E-state index contributed by atoms with van der Waals surface area (Å²) in [7, 11) is 0. The average Bonchev–Trinajstić information content (AvgIpc) is 2.76. The smallest absolute Gasteiger partial charge is 0.144 e. The predicted molar refractivity (Wildman–Crippen MR) is 128 cm³/mol. The van der Waals surface area contributed by atoms with E-state index >= 15 is 0 Å². The van der Waals surface area contributed by atoms with Gasteiger partial charge in [-0.1, -0.05) is 44.1 Å². The Hall–Kier alpha value is -2.93. The number of nitrogens with zero attached hydrogens (tertiary/aromatic N) is 2. The van der Waals surface area contributed by atoms with E-state index in [1.807, 2.05) is 13.0 Å². The topological polar surface area (TPSA) is 73.2 Å². The van der Waals surface area contributed by atoms with Crippen molar-refractivity contribution in [2.24, 2.45) is 4.99 Å². The number of allylic oxidation sites excluding steroid dienone is 5. The van der Waals surface area contributed by atoms with Gasteiger partial charge < -0.3 is 5.32 Å². The fourth-order valence-corrected chi connectivity index (χ4v) is 2.66. The van der Waals surface area contributed by atoms with Crippen LogP contribution in [0.5, 0.6) is 0 Å². The number of aromatic nitrogens is 1. The van der Waals surface area contributed by atoms with E-state index < -0.39 is 0 Å². The molecule has 0 fully saturated rings. The maximum absolute atomic E-state index is 14.3. The number of halogens is 2. The molecule has 5 nitrogen and oxygen atoms in total. The summed E-state index contributed by atoms with van der Waals surface area (Å²) in [5.41, 5.74) is 5.30. The van der Waals surface area contributed by atoms with Crippen LogP contribution in [-0.4, -0.2) is 29.6 Å². The molecule has 0 aliphatic heterocycles. The summed E-state index contributed by atoms with van der Waals surface area (Å²) in [6.45, 7) is 11.2. The Bertz CT molecular complexity index is 882. The fraction of sp³-hybridized carbons (Fsp3) is 0.375. The van der Waals surface area contributed by atoms with Gasteiger partial charge in [0.25, 0.3) is 0 Å². The number of pyridine rings is 1. The highest BCUT2D eigenvalue weighted by atomic mass is 19.2. The molecule has 3 N–H and O–H groups in total. The summed E-state index contributed by atoms with van der Waals surface area (Å²) in [5, 5.41) is 11.3. The molecule has 0 radical (unpaired) electrons. The average molecular weight is 430 g/mol. The maximum Gasteiger partial charge on any atom is 0.144 e. The quantitative estimate of drug-likeness (QED) is 0.113. The minimum atomic E-state index is -0.360. The third-order valence-electron chi connectivity index (χ3n) is 4.59. The molecule has 0 atom stereocenters. The standard InChI is InChI=1S/C24H33F2N5/c1-6-8-9-10-17(3)13-22(25)19(5)28-12-11-18(4)24(27)21-15-29-20(7-2)14-23(21)30-16-31-26/h7,10-11,13-15,27,31H,2,6,8-9,12,16H2,1,3-5H3,(H,29,30)/b17-10-,18-11+,22-13+,27-24?,28-19+. The van der Waals surface area contributed by atoms with Gasteiger partial charge in [0.05, 0.1) is 30.3 Å². The Morgan fingerprint density at radius 2 is 2.03 bits per heavy atom. The van der Waals surface area contributed by atoms with Crippen LogP contribution in [0, 0.1) is 5.41 Å². The van der Waals surface area contributed by atoms with Gasteiger partial charge in [0.15, 0.2) is 0 Å². The molecule has 0 saturated carbocycles. The largest absolute Gasteiger partial charge is 0.370 e. The number of nitrogens with one attached hydrogen (secondary N) is 3. The molecule has 7 heteroatoms. The fourth-order valence-electron chi connectivity index (χ4n) is 2.66. The highest BCUT2D eigenvalue weighted by Crippen LogP contribution is 2.20. The van der Waals surface area contributed by atoms with Crippen LogP contribution in [0.2, 0.25) is 0 Å². The van der Waals surface area contributed by atoms with Gasteiger partial charge in [0.2, 0.25) is 0 Å². The second-order valence-corrected chi connectivity index (χ2v) is 7.12. The van der Waals surface area contributed by atoms with E-state index in [0.29, 0.717) is 28.2 Å². The normalized spacial score (nSPS) is 13.4. The Balaban J connectivity index is 2.90. The van der Waals surface area contributed by atoms with E-state index in [2.05, 4.69) is 28.8 Å². The summed E-state index contributed by atoms with van der Waals surface area (Å²) in [6, 6.07) is 1.69. The monoisotopic (exact) mass is 429 g/mol. The van der Waals surface area contributed by atoms with E-state index in [1.165, 1.54) is 11.6 Å².